The second kappa shape index (κ2) is 3.06. The van der Waals surface area contributed by atoms with E-state index >= 15 is 0 Å². The summed E-state index contributed by atoms with van der Waals surface area (Å²) in [6.07, 6.45) is 0. The Kier molecular flexibility index (Phi) is 2.31. The van der Waals surface area contributed by atoms with Gasteiger partial charge in [-0.15, -0.1) is 12.6 Å². The van der Waals surface area contributed by atoms with Crippen molar-refractivity contribution in [2.24, 2.45) is 0 Å². The van der Waals surface area contributed by atoms with E-state index in [4.69, 9.17) is 12.6 Å². The number of nitrogens with zero attached hydrogens (tertiary/aromatic N) is 1. The molecule has 0 amide bonds. The summed E-state index contributed by atoms with van der Waals surface area (Å²) in [6.45, 7) is 0. The fourth-order valence-electron chi connectivity index (χ4n) is 0.657. The van der Waals surface area contributed by atoms with Crippen LogP contribution in [0.2, 0.25) is 0 Å². The summed E-state index contributed by atoms with van der Waals surface area (Å²) in [5.41, 5.74) is -0.0625. The Morgan fingerprint density at radius 2 is 2.18 bits per heavy atom. The van der Waals surface area contributed by atoms with Gasteiger partial charge in [-0.3, -0.25) is 10.1 Å². The average molecular weight is 186 g/mol. The number of thiol groups is 1. The van der Waals surface area contributed by atoms with Crippen molar-refractivity contribution in [1.82, 2.24) is 0 Å². The summed E-state index contributed by atoms with van der Waals surface area (Å²) in [5.74, 6) is 0. The third-order valence-electron chi connectivity index (χ3n) is 1.17. The van der Waals surface area contributed by atoms with Gasteiger partial charge in [0.1, 0.15) is 0 Å². The molecule has 11 heavy (non-hydrogen) atoms. The lowest BCUT2D eigenvalue weighted by molar-refractivity contribution is -0.388. The van der Waals surface area contributed by atoms with E-state index in [1.54, 1.807) is 12.1 Å². The van der Waals surface area contributed by atoms with Crippen LogP contribution < -0.4 is 0 Å². The molecule has 0 atom stereocenters. The van der Waals surface area contributed by atoms with Crippen LogP contribution in [-0.4, -0.2) is 4.92 Å². The predicted molar refractivity (Wildman–Crippen MR) is 46.0 cm³/mol. The molecule has 5 heteroatoms. The van der Waals surface area contributed by atoms with E-state index in [9.17, 15) is 10.1 Å². The molecule has 0 aliphatic carbocycles. The fraction of sp³-hybridized carbons (Fsp3) is 0. The molecule has 0 saturated heterocycles. The van der Waals surface area contributed by atoms with Gasteiger partial charge >= 0.3 is 0 Å². The molecular weight excluding hydrogens is 182 g/mol. The Bertz CT molecular complexity index is 301. The highest BCUT2D eigenvalue weighted by Gasteiger charge is 2.04. The third-order valence-corrected chi connectivity index (χ3v) is 2.12. The number of rotatable bonds is 1. The molecule has 0 aromatic heterocycles. The first-order valence-electron chi connectivity index (χ1n) is 2.76. The van der Waals surface area contributed by atoms with Gasteiger partial charge in [0.15, 0.2) is 0 Å². The molecule has 0 heterocycles. The fourth-order valence-corrected chi connectivity index (χ4v) is 1.07. The standard InChI is InChI=1S/C6H5NO2S2/c8-7(9)4-2-1-3-5(10)6(4)11/h1-3,10-11H/p-1. The van der Waals surface area contributed by atoms with Gasteiger partial charge in [-0.2, -0.15) is 0 Å². The highest BCUT2D eigenvalue weighted by molar-refractivity contribution is 7.80. The van der Waals surface area contributed by atoms with E-state index in [2.05, 4.69) is 12.6 Å². The molecule has 0 spiro atoms. The van der Waals surface area contributed by atoms with Gasteiger partial charge in [0.25, 0.3) is 5.69 Å². The van der Waals surface area contributed by atoms with Gasteiger partial charge in [0.05, 0.1) is 4.92 Å². The molecule has 1 rings (SSSR count). The van der Waals surface area contributed by atoms with E-state index in [0.717, 1.165) is 0 Å². The van der Waals surface area contributed by atoms with Crippen LogP contribution in [0.4, 0.5) is 5.69 Å². The lowest BCUT2D eigenvalue weighted by atomic mass is 10.3. The summed E-state index contributed by atoms with van der Waals surface area (Å²) >= 11 is 8.70. The van der Waals surface area contributed by atoms with Crippen molar-refractivity contribution in [3.05, 3.63) is 28.3 Å². The lowest BCUT2D eigenvalue weighted by Gasteiger charge is -2.08. The first-order chi connectivity index (χ1) is 5.13. The van der Waals surface area contributed by atoms with Crippen LogP contribution in [0.25, 0.3) is 0 Å². The van der Waals surface area contributed by atoms with Crippen LogP contribution in [0, 0.1) is 10.1 Å². The largest absolute Gasteiger partial charge is 0.772 e. The quantitative estimate of drug-likeness (QED) is 0.315. The Hall–Kier alpha value is -0.810. The lowest BCUT2D eigenvalue weighted by Crippen LogP contribution is -1.90. The molecule has 0 aliphatic rings. The van der Waals surface area contributed by atoms with E-state index < -0.39 is 4.92 Å². The molecule has 0 unspecified atom stereocenters. The van der Waals surface area contributed by atoms with Gasteiger partial charge in [0.2, 0.25) is 0 Å². The molecule has 1 aromatic rings. The smallest absolute Gasteiger partial charge is 0.251 e. The summed E-state index contributed by atoms with van der Waals surface area (Å²) in [5, 5.41) is 10.3. The molecule has 0 fully saturated rings. The molecule has 1 aromatic carbocycles. The van der Waals surface area contributed by atoms with Crippen LogP contribution in [-0.2, 0) is 12.6 Å². The Labute approximate surface area is 74.4 Å². The zero-order chi connectivity index (χ0) is 8.43. The maximum atomic E-state index is 10.3. The molecule has 0 radical (unpaired) electrons. The Morgan fingerprint density at radius 1 is 1.55 bits per heavy atom. The summed E-state index contributed by atoms with van der Waals surface area (Å²) in [4.78, 5) is 10.4. The molecule has 0 aliphatic heterocycles. The highest BCUT2D eigenvalue weighted by atomic mass is 32.1. The maximum absolute atomic E-state index is 10.3. The van der Waals surface area contributed by atoms with E-state index in [1.165, 1.54) is 6.07 Å². The van der Waals surface area contributed by atoms with Crippen molar-refractivity contribution in [2.75, 3.05) is 0 Å². The van der Waals surface area contributed by atoms with E-state index in [1.807, 2.05) is 0 Å². The number of hydrogen-bond donors (Lipinski definition) is 1. The topological polar surface area (TPSA) is 43.1 Å². The first kappa shape index (κ1) is 8.29. The van der Waals surface area contributed by atoms with Crippen LogP contribution in [0.5, 0.6) is 0 Å². The minimum Gasteiger partial charge on any atom is -0.772 e. The molecule has 0 bridgehead atoms. The van der Waals surface area contributed by atoms with Crippen molar-refractivity contribution in [3.8, 4) is 0 Å². The summed E-state index contributed by atoms with van der Waals surface area (Å²) in [7, 11) is 0. The summed E-state index contributed by atoms with van der Waals surface area (Å²) < 4.78 is 0. The monoisotopic (exact) mass is 186 g/mol. The number of nitro groups is 1. The molecule has 3 nitrogen and oxygen atoms in total. The third kappa shape index (κ3) is 1.61. The predicted octanol–water partition coefficient (Wildman–Crippen LogP) is 1.79. The van der Waals surface area contributed by atoms with Crippen LogP contribution in [0.1, 0.15) is 0 Å². The minimum atomic E-state index is -0.512. The van der Waals surface area contributed by atoms with Crippen LogP contribution in [0.3, 0.4) is 0 Å². The zero-order valence-corrected chi connectivity index (χ0v) is 7.06. The van der Waals surface area contributed by atoms with Crippen molar-refractivity contribution >= 4 is 30.9 Å². The van der Waals surface area contributed by atoms with Crippen molar-refractivity contribution in [2.45, 2.75) is 9.79 Å². The molecule has 0 N–H and O–H groups in total. The van der Waals surface area contributed by atoms with Gasteiger partial charge < -0.3 is 12.6 Å². The van der Waals surface area contributed by atoms with Crippen molar-refractivity contribution in [3.63, 3.8) is 0 Å². The maximum Gasteiger partial charge on any atom is 0.251 e. The van der Waals surface area contributed by atoms with E-state index in [0.29, 0.717) is 4.90 Å². The first-order valence-corrected chi connectivity index (χ1v) is 3.62. The Morgan fingerprint density at radius 3 is 2.64 bits per heavy atom. The van der Waals surface area contributed by atoms with Crippen LogP contribution in [0.15, 0.2) is 28.0 Å². The second-order valence-electron chi connectivity index (χ2n) is 1.88. The molecular formula is C6H4NO2S2-. The van der Waals surface area contributed by atoms with Crippen molar-refractivity contribution in [1.29, 1.82) is 0 Å². The van der Waals surface area contributed by atoms with E-state index in [-0.39, 0.29) is 10.6 Å². The average Bonchev–Trinajstić information content (AvgIpc) is 1.94. The SMILES string of the molecule is O=[N+]([O-])c1cccc(S)c1[S-]. The number of benzene rings is 1. The minimum absolute atomic E-state index is 0.0625. The highest BCUT2D eigenvalue weighted by Crippen LogP contribution is 2.23. The second-order valence-corrected chi connectivity index (χ2v) is 2.77. The Balaban J connectivity index is 3.27. The zero-order valence-electron chi connectivity index (χ0n) is 5.35. The molecule has 58 valence electrons. The van der Waals surface area contributed by atoms with Crippen molar-refractivity contribution < 1.29 is 4.92 Å². The van der Waals surface area contributed by atoms with Gasteiger partial charge in [0, 0.05) is 6.07 Å². The number of hydrogen-bond acceptors (Lipinski definition) is 4. The summed E-state index contributed by atoms with van der Waals surface area (Å²) in [6, 6.07) is 4.54. The van der Waals surface area contributed by atoms with Gasteiger partial charge in [-0.1, -0.05) is 11.0 Å². The van der Waals surface area contributed by atoms with Crippen LogP contribution >= 0.6 is 12.6 Å². The van der Waals surface area contributed by atoms with Gasteiger partial charge in [-0.05, 0) is 11.0 Å². The normalized spacial score (nSPS) is 9.55. The number of nitro benzene ring substituents is 1. The van der Waals surface area contributed by atoms with Gasteiger partial charge in [-0.25, -0.2) is 0 Å². The molecule has 0 saturated carbocycles.